The van der Waals surface area contributed by atoms with Gasteiger partial charge in [0.05, 0.1) is 23.8 Å². The van der Waals surface area contributed by atoms with E-state index in [1.165, 1.54) is 24.3 Å². The Bertz CT molecular complexity index is 1450. The minimum absolute atomic E-state index is 0.0416. The number of nitrogens with two attached hydrogens (primary N) is 1. The van der Waals surface area contributed by atoms with Gasteiger partial charge in [0.15, 0.2) is 5.82 Å². The van der Waals surface area contributed by atoms with Crippen molar-refractivity contribution in [2.24, 2.45) is 5.41 Å². The number of likely N-dealkylation sites (tertiary alicyclic amines) is 1. The molecule has 2 aromatic heterocycles. The quantitative estimate of drug-likeness (QED) is 0.471. The van der Waals surface area contributed by atoms with E-state index in [2.05, 4.69) is 15.4 Å². The number of carbonyl (C=O) groups is 2. The van der Waals surface area contributed by atoms with Gasteiger partial charge in [-0.1, -0.05) is 18.6 Å². The van der Waals surface area contributed by atoms with Gasteiger partial charge in [0, 0.05) is 17.7 Å². The van der Waals surface area contributed by atoms with Gasteiger partial charge in [-0.25, -0.2) is 13.9 Å². The van der Waals surface area contributed by atoms with E-state index in [0.29, 0.717) is 0 Å². The van der Waals surface area contributed by atoms with Crippen LogP contribution in [0.5, 0.6) is 0 Å². The lowest BCUT2D eigenvalue weighted by atomic mass is 9.67. The maximum absolute atomic E-state index is 14.7. The van der Waals surface area contributed by atoms with Crippen molar-refractivity contribution in [3.05, 3.63) is 47.8 Å². The van der Waals surface area contributed by atoms with Gasteiger partial charge in [-0.15, -0.1) is 0 Å². The van der Waals surface area contributed by atoms with Crippen molar-refractivity contribution >= 4 is 23.1 Å². The third-order valence-electron chi connectivity index (χ3n) is 7.32. The van der Waals surface area contributed by atoms with E-state index in [1.54, 1.807) is 0 Å². The smallest absolute Gasteiger partial charge is 0.382 e. The number of aromatic nitrogens is 3. The zero-order chi connectivity index (χ0) is 28.3. The van der Waals surface area contributed by atoms with E-state index in [1.807, 2.05) is 0 Å². The summed E-state index contributed by atoms with van der Waals surface area (Å²) in [6.07, 6.45) is -10.9. The highest BCUT2D eigenvalue weighted by Gasteiger charge is 2.65. The fraction of sp³-hybridized carbons (Fsp3) is 0.417. The third kappa shape index (κ3) is 4.42. The molecule has 1 aliphatic carbocycles. The van der Waals surface area contributed by atoms with Crippen molar-refractivity contribution in [2.75, 3.05) is 18.8 Å². The number of hydrogen-bond donors (Lipinski definition) is 2. The Balaban J connectivity index is 1.37. The Morgan fingerprint density at radius 1 is 1.08 bits per heavy atom. The van der Waals surface area contributed by atoms with Crippen LogP contribution in [-0.2, 0) is 11.0 Å². The number of nitrogens with one attached hydrogen (secondary N) is 1. The molecule has 3 aromatic rings. The van der Waals surface area contributed by atoms with Crippen molar-refractivity contribution in [1.82, 2.24) is 24.8 Å². The SMILES string of the molecule is Nc1ncnn2c(-c3cccc(C(=O)N[C@@H]4CN(C(=O)C5(C(F)(F)F)CCC5)C[C@@H]4F)c3)cc(C(F)(F)F)c12. The van der Waals surface area contributed by atoms with Gasteiger partial charge < -0.3 is 16.0 Å². The van der Waals surface area contributed by atoms with Crippen LogP contribution in [0.2, 0.25) is 0 Å². The highest BCUT2D eigenvalue weighted by atomic mass is 19.4. The number of carbonyl (C=O) groups excluding carboxylic acids is 2. The maximum Gasteiger partial charge on any atom is 0.418 e. The summed E-state index contributed by atoms with van der Waals surface area (Å²) in [5, 5.41) is 6.24. The number of anilines is 1. The van der Waals surface area contributed by atoms with E-state index in [0.717, 1.165) is 21.8 Å². The predicted octanol–water partition coefficient (Wildman–Crippen LogP) is 4.01. The van der Waals surface area contributed by atoms with Crippen molar-refractivity contribution in [2.45, 2.75) is 43.8 Å². The number of halogens is 7. The molecule has 5 rings (SSSR count). The molecule has 0 bridgehead atoms. The Kier molecular flexibility index (Phi) is 6.22. The van der Waals surface area contributed by atoms with Crippen LogP contribution in [0.3, 0.4) is 0 Å². The first-order valence-corrected chi connectivity index (χ1v) is 11.8. The molecule has 0 unspecified atom stereocenters. The van der Waals surface area contributed by atoms with Crippen LogP contribution in [0.4, 0.5) is 36.6 Å². The summed E-state index contributed by atoms with van der Waals surface area (Å²) in [5.41, 5.74) is 1.65. The molecule has 2 amide bonds. The van der Waals surface area contributed by atoms with Gasteiger partial charge >= 0.3 is 12.4 Å². The molecule has 2 aliphatic rings. The number of rotatable bonds is 4. The second kappa shape index (κ2) is 9.09. The molecule has 0 spiro atoms. The van der Waals surface area contributed by atoms with Crippen molar-refractivity contribution in [3.8, 4) is 11.3 Å². The van der Waals surface area contributed by atoms with Gasteiger partial charge in [0.2, 0.25) is 5.91 Å². The van der Waals surface area contributed by atoms with Gasteiger partial charge in [-0.3, -0.25) is 9.59 Å². The number of nitrogen functional groups attached to an aromatic ring is 1. The summed E-state index contributed by atoms with van der Waals surface area (Å²) in [6, 6.07) is 4.96. The lowest BCUT2D eigenvalue weighted by Crippen LogP contribution is -2.56. The van der Waals surface area contributed by atoms with Crippen molar-refractivity contribution < 1.29 is 40.3 Å². The second-order valence-corrected chi connectivity index (χ2v) is 9.67. The molecule has 3 N–H and O–H groups in total. The first kappa shape index (κ1) is 26.7. The molecule has 1 saturated carbocycles. The molecule has 8 nitrogen and oxygen atoms in total. The molecule has 1 aliphatic heterocycles. The molecule has 1 aromatic carbocycles. The molecule has 208 valence electrons. The first-order valence-electron chi connectivity index (χ1n) is 11.8. The highest BCUT2D eigenvalue weighted by molar-refractivity contribution is 5.96. The molecule has 3 heterocycles. The highest BCUT2D eigenvalue weighted by Crippen LogP contribution is 2.54. The topological polar surface area (TPSA) is 106 Å². The Morgan fingerprint density at radius 2 is 1.79 bits per heavy atom. The zero-order valence-electron chi connectivity index (χ0n) is 20.0. The van der Waals surface area contributed by atoms with E-state index in [-0.39, 0.29) is 36.1 Å². The van der Waals surface area contributed by atoms with E-state index in [4.69, 9.17) is 5.73 Å². The molecule has 2 atom stereocenters. The van der Waals surface area contributed by atoms with Crippen LogP contribution in [0.15, 0.2) is 36.7 Å². The lowest BCUT2D eigenvalue weighted by molar-refractivity contribution is -0.248. The summed E-state index contributed by atoms with van der Waals surface area (Å²) in [7, 11) is 0. The number of benzene rings is 1. The lowest BCUT2D eigenvalue weighted by Gasteiger charge is -2.43. The fourth-order valence-electron chi connectivity index (χ4n) is 5.08. The first-order chi connectivity index (χ1) is 18.2. The average Bonchev–Trinajstić information content (AvgIpc) is 3.39. The van der Waals surface area contributed by atoms with Crippen molar-refractivity contribution in [3.63, 3.8) is 0 Å². The van der Waals surface area contributed by atoms with Crippen molar-refractivity contribution in [1.29, 1.82) is 0 Å². The molecule has 39 heavy (non-hydrogen) atoms. The molecular formula is C24H21F7N6O2. The minimum atomic E-state index is -4.77. The molecular weight excluding hydrogens is 537 g/mol. The predicted molar refractivity (Wildman–Crippen MR) is 123 cm³/mol. The van der Waals surface area contributed by atoms with Crippen LogP contribution in [0.1, 0.15) is 35.2 Å². The minimum Gasteiger partial charge on any atom is -0.382 e. The monoisotopic (exact) mass is 558 g/mol. The summed E-state index contributed by atoms with van der Waals surface area (Å²) in [4.78, 5) is 30.0. The van der Waals surface area contributed by atoms with Gasteiger partial charge in [-0.2, -0.15) is 31.4 Å². The Morgan fingerprint density at radius 3 is 2.41 bits per heavy atom. The van der Waals surface area contributed by atoms with Crippen LogP contribution in [-0.4, -0.2) is 62.8 Å². The molecule has 15 heteroatoms. The number of fused-ring (bicyclic) bond motifs is 1. The molecule has 2 fully saturated rings. The third-order valence-corrected chi connectivity index (χ3v) is 7.32. The number of nitrogens with zero attached hydrogens (tertiary/aromatic N) is 4. The summed E-state index contributed by atoms with van der Waals surface area (Å²) in [6.45, 7) is -1.04. The summed E-state index contributed by atoms with van der Waals surface area (Å²) >= 11 is 0. The standard InChI is InChI=1S/C24H21F7N6O2/c25-15-9-36(21(39)22(5-2-6-22)24(29,30)31)10-16(15)35-20(38)13-4-1-3-12(7-13)17-8-14(23(26,27)28)18-19(32)33-11-34-37(17)18/h1,3-4,7-8,11,15-16H,2,5-6,9-10H2,(H,35,38)(H2,32,33,34)/t15-,16+/m0/s1. The Labute approximate surface area is 216 Å². The van der Waals surface area contributed by atoms with E-state index in [9.17, 15) is 40.3 Å². The largest absolute Gasteiger partial charge is 0.418 e. The summed E-state index contributed by atoms with van der Waals surface area (Å²) < 4.78 is 97.3. The van der Waals surface area contributed by atoms with E-state index < -0.39 is 71.8 Å². The molecule has 1 saturated heterocycles. The fourth-order valence-corrected chi connectivity index (χ4v) is 5.08. The normalized spacial score (nSPS) is 21.2. The second-order valence-electron chi connectivity index (χ2n) is 9.67. The number of alkyl halides is 7. The Hall–Kier alpha value is -3.91. The number of hydrogen-bond acceptors (Lipinski definition) is 5. The average molecular weight is 558 g/mol. The van der Waals surface area contributed by atoms with Crippen LogP contribution < -0.4 is 11.1 Å². The van der Waals surface area contributed by atoms with Gasteiger partial charge in [-0.05, 0) is 31.0 Å². The van der Waals surface area contributed by atoms with E-state index >= 15 is 0 Å². The number of amides is 2. The maximum atomic E-state index is 14.7. The van der Waals surface area contributed by atoms with Crippen LogP contribution in [0, 0.1) is 5.41 Å². The van der Waals surface area contributed by atoms with Gasteiger partial charge in [0.1, 0.15) is 23.4 Å². The van der Waals surface area contributed by atoms with Gasteiger partial charge in [0.25, 0.3) is 5.91 Å². The zero-order valence-corrected chi connectivity index (χ0v) is 20.0. The van der Waals surface area contributed by atoms with Crippen LogP contribution >= 0.6 is 0 Å². The molecule has 0 radical (unpaired) electrons. The summed E-state index contributed by atoms with van der Waals surface area (Å²) in [5.74, 6) is -2.43. The van der Waals surface area contributed by atoms with Crippen LogP contribution in [0.25, 0.3) is 16.8 Å².